The van der Waals surface area contributed by atoms with E-state index in [9.17, 15) is 4.79 Å². The van der Waals surface area contributed by atoms with E-state index in [0.29, 0.717) is 33.2 Å². The minimum absolute atomic E-state index is 0.322. The summed E-state index contributed by atoms with van der Waals surface area (Å²) in [6.07, 6.45) is 2.17. The number of anilines is 1. The molecule has 126 valence electrons. The third kappa shape index (κ3) is 3.36. The molecule has 0 radical (unpaired) electrons. The Morgan fingerprint density at radius 2 is 2.00 bits per heavy atom. The molecule has 1 N–H and O–H groups in total. The van der Waals surface area contributed by atoms with Crippen LogP contribution in [0.25, 0.3) is 11.4 Å². The molecule has 1 aromatic heterocycles. The molecule has 1 saturated carbocycles. The predicted molar refractivity (Wildman–Crippen MR) is 95.9 cm³/mol. The van der Waals surface area contributed by atoms with Crippen LogP contribution >= 0.6 is 23.2 Å². The van der Waals surface area contributed by atoms with Gasteiger partial charge in [-0.2, -0.15) is 0 Å². The van der Waals surface area contributed by atoms with Crippen LogP contribution in [0.5, 0.6) is 0 Å². The summed E-state index contributed by atoms with van der Waals surface area (Å²) in [6.45, 7) is 0. The minimum Gasteiger partial charge on any atom is -0.322 e. The Morgan fingerprint density at radius 3 is 2.80 bits per heavy atom. The molecule has 1 fully saturated rings. The Morgan fingerprint density at radius 1 is 1.16 bits per heavy atom. The van der Waals surface area contributed by atoms with Crippen LogP contribution in [0.3, 0.4) is 0 Å². The highest BCUT2D eigenvalue weighted by Gasteiger charge is 2.28. The van der Waals surface area contributed by atoms with E-state index in [1.165, 1.54) is 6.07 Å². The van der Waals surface area contributed by atoms with Crippen molar-refractivity contribution in [1.29, 1.82) is 0 Å². The summed E-state index contributed by atoms with van der Waals surface area (Å²) in [4.78, 5) is 12.5. The fourth-order valence-electron chi connectivity index (χ4n) is 2.55. The molecular formula is C17H13Cl2N5O. The first-order valence-corrected chi connectivity index (χ1v) is 8.52. The lowest BCUT2D eigenvalue weighted by Gasteiger charge is -2.09. The summed E-state index contributed by atoms with van der Waals surface area (Å²) in [6, 6.07) is 12.5. The molecule has 4 rings (SSSR count). The highest BCUT2D eigenvalue weighted by atomic mass is 35.5. The van der Waals surface area contributed by atoms with Crippen molar-refractivity contribution in [1.82, 2.24) is 20.2 Å². The first-order chi connectivity index (χ1) is 12.1. The molecule has 2 aromatic carbocycles. The molecule has 0 atom stereocenters. The van der Waals surface area contributed by atoms with Crippen LogP contribution < -0.4 is 5.32 Å². The number of carbonyl (C=O) groups is 1. The molecule has 1 aliphatic rings. The second-order valence-corrected chi connectivity index (χ2v) is 6.68. The van der Waals surface area contributed by atoms with Crippen LogP contribution in [0.1, 0.15) is 29.2 Å². The highest BCUT2D eigenvalue weighted by Crippen LogP contribution is 2.36. The second-order valence-electron chi connectivity index (χ2n) is 5.84. The molecule has 3 aromatic rings. The summed E-state index contributed by atoms with van der Waals surface area (Å²) in [5.74, 6) is 0.367. The monoisotopic (exact) mass is 373 g/mol. The van der Waals surface area contributed by atoms with E-state index < -0.39 is 0 Å². The van der Waals surface area contributed by atoms with Crippen molar-refractivity contribution in [2.75, 3.05) is 5.32 Å². The van der Waals surface area contributed by atoms with E-state index in [-0.39, 0.29) is 5.91 Å². The normalized spacial score (nSPS) is 13.7. The van der Waals surface area contributed by atoms with Gasteiger partial charge in [-0.3, -0.25) is 4.79 Å². The number of tetrazole rings is 1. The number of hydrogen-bond donors (Lipinski definition) is 1. The molecule has 0 saturated heterocycles. The SMILES string of the molecule is O=C(Nc1cccc(-c2nnnn2C2CC2)c1)c1cc(Cl)ccc1Cl. The summed E-state index contributed by atoms with van der Waals surface area (Å²) < 4.78 is 1.83. The van der Waals surface area contributed by atoms with Crippen LogP contribution in [0.15, 0.2) is 42.5 Å². The Hall–Kier alpha value is -2.44. The van der Waals surface area contributed by atoms with Crippen molar-refractivity contribution in [2.45, 2.75) is 18.9 Å². The highest BCUT2D eigenvalue weighted by molar-refractivity contribution is 6.36. The van der Waals surface area contributed by atoms with Gasteiger partial charge in [0.25, 0.3) is 5.91 Å². The second kappa shape index (κ2) is 6.46. The zero-order chi connectivity index (χ0) is 17.4. The Labute approximate surface area is 153 Å². The van der Waals surface area contributed by atoms with Gasteiger partial charge in [-0.1, -0.05) is 35.3 Å². The first kappa shape index (κ1) is 16.1. The summed E-state index contributed by atoms with van der Waals surface area (Å²) in [5, 5.41) is 15.5. The van der Waals surface area contributed by atoms with E-state index >= 15 is 0 Å². The van der Waals surface area contributed by atoms with E-state index in [0.717, 1.165) is 18.4 Å². The number of aromatic nitrogens is 4. The van der Waals surface area contributed by atoms with Crippen molar-refractivity contribution in [3.63, 3.8) is 0 Å². The van der Waals surface area contributed by atoms with Gasteiger partial charge in [-0.05, 0) is 53.6 Å². The van der Waals surface area contributed by atoms with E-state index in [1.807, 2.05) is 22.9 Å². The van der Waals surface area contributed by atoms with Crippen molar-refractivity contribution >= 4 is 34.8 Å². The van der Waals surface area contributed by atoms with Crippen LogP contribution in [-0.2, 0) is 0 Å². The standard InChI is InChI=1S/C17H13Cl2N5O/c18-11-4-7-15(19)14(9-11)17(25)20-12-3-1-2-10(8-12)16-21-22-23-24(16)13-5-6-13/h1-4,7-9,13H,5-6H2,(H,20,25). The molecular weight excluding hydrogens is 361 g/mol. The zero-order valence-corrected chi connectivity index (χ0v) is 14.5. The predicted octanol–water partition coefficient (Wildman–Crippen LogP) is 4.23. The van der Waals surface area contributed by atoms with E-state index in [1.54, 1.807) is 18.2 Å². The molecule has 25 heavy (non-hydrogen) atoms. The number of nitrogens with one attached hydrogen (secondary N) is 1. The van der Waals surface area contributed by atoms with Gasteiger partial charge >= 0.3 is 0 Å². The van der Waals surface area contributed by atoms with Gasteiger partial charge in [-0.15, -0.1) is 5.10 Å². The Kier molecular flexibility index (Phi) is 4.15. The zero-order valence-electron chi connectivity index (χ0n) is 13.0. The van der Waals surface area contributed by atoms with Gasteiger partial charge < -0.3 is 5.32 Å². The molecule has 8 heteroatoms. The Balaban J connectivity index is 1.60. The number of amides is 1. The van der Waals surface area contributed by atoms with Gasteiger partial charge in [0, 0.05) is 16.3 Å². The lowest BCUT2D eigenvalue weighted by atomic mass is 10.1. The molecule has 6 nitrogen and oxygen atoms in total. The third-order valence-electron chi connectivity index (χ3n) is 3.94. The molecule has 0 unspecified atom stereocenters. The summed E-state index contributed by atoms with van der Waals surface area (Å²) >= 11 is 12.0. The average molecular weight is 374 g/mol. The topological polar surface area (TPSA) is 72.7 Å². The van der Waals surface area contributed by atoms with Crippen molar-refractivity contribution < 1.29 is 4.79 Å². The number of nitrogens with zero attached hydrogens (tertiary/aromatic N) is 4. The largest absolute Gasteiger partial charge is 0.322 e. The van der Waals surface area contributed by atoms with Gasteiger partial charge in [0.2, 0.25) is 0 Å². The molecule has 1 amide bonds. The summed E-state index contributed by atoms with van der Waals surface area (Å²) in [5.41, 5.74) is 1.79. The summed E-state index contributed by atoms with van der Waals surface area (Å²) in [7, 11) is 0. The van der Waals surface area contributed by atoms with Crippen molar-refractivity contribution in [2.24, 2.45) is 0 Å². The number of halogens is 2. The van der Waals surface area contributed by atoms with Gasteiger partial charge in [-0.25, -0.2) is 4.68 Å². The number of hydrogen-bond acceptors (Lipinski definition) is 4. The fourth-order valence-corrected chi connectivity index (χ4v) is 2.93. The van der Waals surface area contributed by atoms with Gasteiger partial charge in [0.05, 0.1) is 16.6 Å². The quantitative estimate of drug-likeness (QED) is 0.742. The first-order valence-electron chi connectivity index (χ1n) is 7.76. The van der Waals surface area contributed by atoms with Gasteiger partial charge in [0.1, 0.15) is 0 Å². The third-order valence-corrected chi connectivity index (χ3v) is 4.50. The molecule has 1 heterocycles. The lowest BCUT2D eigenvalue weighted by Crippen LogP contribution is -2.12. The smallest absolute Gasteiger partial charge is 0.257 e. The number of rotatable bonds is 4. The number of benzene rings is 2. The minimum atomic E-state index is -0.327. The van der Waals surface area contributed by atoms with Crippen molar-refractivity contribution in [3.05, 3.63) is 58.1 Å². The number of carbonyl (C=O) groups excluding carboxylic acids is 1. The van der Waals surface area contributed by atoms with E-state index in [2.05, 4.69) is 20.8 Å². The van der Waals surface area contributed by atoms with Gasteiger partial charge in [0.15, 0.2) is 5.82 Å². The van der Waals surface area contributed by atoms with Crippen LogP contribution in [-0.4, -0.2) is 26.1 Å². The molecule has 1 aliphatic carbocycles. The molecule has 0 bridgehead atoms. The maximum absolute atomic E-state index is 12.5. The maximum Gasteiger partial charge on any atom is 0.257 e. The average Bonchev–Trinajstić information content (AvgIpc) is 3.34. The van der Waals surface area contributed by atoms with Crippen LogP contribution in [0, 0.1) is 0 Å². The van der Waals surface area contributed by atoms with E-state index in [4.69, 9.17) is 23.2 Å². The Bertz CT molecular complexity index is 952. The molecule has 0 aliphatic heterocycles. The maximum atomic E-state index is 12.5. The lowest BCUT2D eigenvalue weighted by molar-refractivity contribution is 0.102. The van der Waals surface area contributed by atoms with Crippen LogP contribution in [0.4, 0.5) is 5.69 Å². The fraction of sp³-hybridized carbons (Fsp3) is 0.176. The van der Waals surface area contributed by atoms with Crippen molar-refractivity contribution in [3.8, 4) is 11.4 Å². The molecule has 0 spiro atoms. The van der Waals surface area contributed by atoms with Crippen LogP contribution in [0.2, 0.25) is 10.0 Å².